The standard InChI is InChI=1S/C30H36ClN7O2/c1-8-26(40)36-13-14-37(21(5)17-36)29(32-6)23-15-24(31)27(28-20(4)16-33-35(28)7)34-30(23)38(18-39)25-12-10-9-11-22(25)19(2)3/h8-12,15-16,18-19,21H,1,13-14,17H2,2-7H3/b32-29+. The van der Waals surface area contributed by atoms with Crippen molar-refractivity contribution in [3.05, 3.63) is 70.9 Å². The number of amidine groups is 1. The quantitative estimate of drug-likeness (QED) is 0.176. The van der Waals surface area contributed by atoms with Gasteiger partial charge >= 0.3 is 0 Å². The molecule has 2 aromatic heterocycles. The van der Waals surface area contributed by atoms with E-state index in [2.05, 4.69) is 35.4 Å². The van der Waals surface area contributed by atoms with Crippen molar-refractivity contribution < 1.29 is 9.59 Å². The molecule has 1 atom stereocenters. The molecule has 1 unspecified atom stereocenters. The van der Waals surface area contributed by atoms with Crippen molar-refractivity contribution in [1.82, 2.24) is 24.6 Å². The molecule has 0 spiro atoms. The first kappa shape index (κ1) is 29.0. The number of hydrogen-bond donors (Lipinski definition) is 0. The summed E-state index contributed by atoms with van der Waals surface area (Å²) in [6, 6.07) is 9.60. The van der Waals surface area contributed by atoms with E-state index in [1.54, 1.807) is 27.7 Å². The Balaban J connectivity index is 1.93. The predicted molar refractivity (Wildman–Crippen MR) is 160 cm³/mol. The van der Waals surface area contributed by atoms with Gasteiger partial charge in [0.1, 0.15) is 11.5 Å². The molecule has 10 heteroatoms. The van der Waals surface area contributed by atoms with Crippen molar-refractivity contribution in [3.63, 3.8) is 0 Å². The smallest absolute Gasteiger partial charge is 0.246 e. The Morgan fingerprint density at radius 2 is 2.00 bits per heavy atom. The fraction of sp³-hybridized carbons (Fsp3) is 0.367. The van der Waals surface area contributed by atoms with E-state index in [1.165, 1.54) is 6.08 Å². The average molecular weight is 562 g/mol. The van der Waals surface area contributed by atoms with E-state index in [1.807, 2.05) is 51.2 Å². The van der Waals surface area contributed by atoms with Crippen LogP contribution < -0.4 is 4.90 Å². The number of halogens is 1. The molecular weight excluding hydrogens is 526 g/mol. The van der Waals surface area contributed by atoms with Crippen LogP contribution in [0.5, 0.6) is 0 Å². The van der Waals surface area contributed by atoms with Gasteiger partial charge < -0.3 is 9.80 Å². The number of aliphatic imine (C=N–C) groups is 1. The van der Waals surface area contributed by atoms with Gasteiger partial charge in [-0.2, -0.15) is 5.10 Å². The average Bonchev–Trinajstić information content (AvgIpc) is 3.28. The number of aromatic nitrogens is 3. The first-order valence-corrected chi connectivity index (χ1v) is 13.7. The summed E-state index contributed by atoms with van der Waals surface area (Å²) in [6.45, 7) is 13.4. The number of piperazine rings is 1. The lowest BCUT2D eigenvalue weighted by atomic mass is 10.00. The van der Waals surface area contributed by atoms with Crippen LogP contribution in [0, 0.1) is 6.92 Å². The van der Waals surface area contributed by atoms with Crippen LogP contribution in [0.3, 0.4) is 0 Å². The van der Waals surface area contributed by atoms with Crippen LogP contribution in [0.25, 0.3) is 11.4 Å². The number of rotatable bonds is 7. The Morgan fingerprint density at radius 3 is 2.58 bits per heavy atom. The molecule has 0 saturated carbocycles. The zero-order valence-electron chi connectivity index (χ0n) is 23.9. The van der Waals surface area contributed by atoms with E-state index in [4.69, 9.17) is 16.6 Å². The minimum absolute atomic E-state index is 0.0467. The molecule has 2 amide bonds. The maximum atomic E-state index is 12.9. The molecule has 40 heavy (non-hydrogen) atoms. The number of carbonyl (C=O) groups is 2. The van der Waals surface area contributed by atoms with E-state index in [0.29, 0.717) is 47.6 Å². The van der Waals surface area contributed by atoms with Crippen molar-refractivity contribution in [2.24, 2.45) is 12.0 Å². The highest BCUT2D eigenvalue weighted by Gasteiger charge is 2.32. The number of carbonyl (C=O) groups excluding carboxylic acids is 2. The third-order valence-corrected chi connectivity index (χ3v) is 7.58. The monoisotopic (exact) mass is 561 g/mol. The molecule has 0 aliphatic carbocycles. The first-order chi connectivity index (χ1) is 19.1. The number of pyridine rings is 1. The highest BCUT2D eigenvalue weighted by molar-refractivity contribution is 6.33. The lowest BCUT2D eigenvalue weighted by Crippen LogP contribution is -2.55. The lowest BCUT2D eigenvalue weighted by molar-refractivity contribution is -0.128. The minimum atomic E-state index is -0.0970. The molecule has 0 bridgehead atoms. The van der Waals surface area contributed by atoms with Crippen LogP contribution >= 0.6 is 11.6 Å². The number of hydrogen-bond acceptors (Lipinski definition) is 5. The van der Waals surface area contributed by atoms with Crippen molar-refractivity contribution in [1.29, 1.82) is 0 Å². The fourth-order valence-corrected chi connectivity index (χ4v) is 5.54. The van der Waals surface area contributed by atoms with Crippen molar-refractivity contribution in [2.45, 2.75) is 39.7 Å². The predicted octanol–water partition coefficient (Wildman–Crippen LogP) is 4.96. The van der Waals surface area contributed by atoms with Crippen LogP contribution in [0.1, 0.15) is 43.4 Å². The maximum Gasteiger partial charge on any atom is 0.246 e. The topological polar surface area (TPSA) is 86.9 Å². The van der Waals surface area contributed by atoms with Gasteiger partial charge in [-0.05, 0) is 49.1 Å². The highest BCUT2D eigenvalue weighted by atomic mass is 35.5. The molecule has 9 nitrogen and oxygen atoms in total. The molecule has 4 rings (SSSR count). The van der Waals surface area contributed by atoms with Gasteiger partial charge in [-0.3, -0.25) is 24.2 Å². The highest BCUT2D eigenvalue weighted by Crippen LogP contribution is 2.38. The second-order valence-electron chi connectivity index (χ2n) is 10.3. The summed E-state index contributed by atoms with van der Waals surface area (Å²) in [4.78, 5) is 40.4. The normalized spacial score (nSPS) is 15.9. The molecule has 1 aliphatic heterocycles. The van der Waals surface area contributed by atoms with Crippen molar-refractivity contribution in [2.75, 3.05) is 31.6 Å². The van der Waals surface area contributed by atoms with Crippen LogP contribution in [-0.4, -0.2) is 75.4 Å². The van der Waals surface area contributed by atoms with Crippen molar-refractivity contribution in [3.8, 4) is 11.4 Å². The lowest BCUT2D eigenvalue weighted by Gasteiger charge is -2.41. The van der Waals surface area contributed by atoms with Gasteiger partial charge in [0, 0.05) is 39.8 Å². The molecule has 210 valence electrons. The Hall–Kier alpha value is -3.98. The fourth-order valence-electron chi connectivity index (χ4n) is 5.30. The van der Waals surface area contributed by atoms with Crippen LogP contribution in [0.2, 0.25) is 5.02 Å². The second-order valence-corrected chi connectivity index (χ2v) is 10.7. The van der Waals surface area contributed by atoms with E-state index >= 15 is 0 Å². The third-order valence-electron chi connectivity index (χ3n) is 7.29. The van der Waals surface area contributed by atoms with Crippen molar-refractivity contribution >= 4 is 41.3 Å². The molecule has 3 heterocycles. The summed E-state index contributed by atoms with van der Waals surface area (Å²) in [6.07, 6.45) is 3.89. The molecule has 1 fully saturated rings. The number of anilines is 2. The van der Waals surface area contributed by atoms with E-state index in [-0.39, 0.29) is 17.9 Å². The van der Waals surface area contributed by atoms with Crippen LogP contribution in [0.4, 0.5) is 11.5 Å². The number of nitrogens with zero attached hydrogens (tertiary/aromatic N) is 7. The van der Waals surface area contributed by atoms with E-state index in [9.17, 15) is 9.59 Å². The summed E-state index contributed by atoms with van der Waals surface area (Å²) in [5, 5.41) is 4.79. The van der Waals surface area contributed by atoms with Gasteiger partial charge in [0.05, 0.1) is 28.2 Å². The summed E-state index contributed by atoms with van der Waals surface area (Å²) in [5.41, 5.74) is 4.57. The molecule has 1 saturated heterocycles. The van der Waals surface area contributed by atoms with Gasteiger partial charge in [0.15, 0.2) is 5.82 Å². The molecule has 1 aromatic carbocycles. The number of aryl methyl sites for hydroxylation is 2. The number of amides is 2. The van der Waals surface area contributed by atoms with Gasteiger partial charge in [-0.1, -0.05) is 50.2 Å². The van der Waals surface area contributed by atoms with E-state index in [0.717, 1.165) is 28.9 Å². The van der Waals surface area contributed by atoms with Crippen LogP contribution in [-0.2, 0) is 16.6 Å². The Morgan fingerprint density at radius 1 is 1.27 bits per heavy atom. The van der Waals surface area contributed by atoms with Crippen LogP contribution in [0.15, 0.2) is 54.2 Å². The Labute approximate surface area is 240 Å². The first-order valence-electron chi connectivity index (χ1n) is 13.3. The molecule has 3 aromatic rings. The molecule has 0 radical (unpaired) electrons. The van der Waals surface area contributed by atoms with E-state index < -0.39 is 0 Å². The zero-order chi connectivity index (χ0) is 29.1. The SMILES string of the molecule is C=CC(=O)N1CCN(/C(=N/C)c2cc(Cl)c(-c3c(C)cnn3C)nc2N(C=O)c2ccccc2C(C)C)C(C)C1. The summed E-state index contributed by atoms with van der Waals surface area (Å²) >= 11 is 6.92. The largest absolute Gasteiger partial charge is 0.350 e. The van der Waals surface area contributed by atoms with Gasteiger partial charge in [-0.25, -0.2) is 4.98 Å². The second kappa shape index (κ2) is 12.0. The maximum absolute atomic E-state index is 12.9. The summed E-state index contributed by atoms with van der Waals surface area (Å²) in [5.74, 6) is 1.13. The Bertz CT molecular complexity index is 1440. The van der Waals surface area contributed by atoms with Gasteiger partial charge in [-0.15, -0.1) is 0 Å². The zero-order valence-corrected chi connectivity index (χ0v) is 24.7. The molecule has 1 aliphatic rings. The summed E-state index contributed by atoms with van der Waals surface area (Å²) in [7, 11) is 3.55. The van der Waals surface area contributed by atoms with Gasteiger partial charge in [0.25, 0.3) is 0 Å². The summed E-state index contributed by atoms with van der Waals surface area (Å²) < 4.78 is 1.73. The molecule has 0 N–H and O–H groups in total. The molecular formula is C30H36ClN7O2. The number of para-hydroxylation sites is 1. The Kier molecular flexibility index (Phi) is 8.73. The number of benzene rings is 1. The minimum Gasteiger partial charge on any atom is -0.350 e. The van der Waals surface area contributed by atoms with Gasteiger partial charge in [0.2, 0.25) is 12.3 Å². The third kappa shape index (κ3) is 5.38.